The van der Waals surface area contributed by atoms with Crippen molar-refractivity contribution in [3.8, 4) is 0 Å². The van der Waals surface area contributed by atoms with Crippen LogP contribution in [0.5, 0.6) is 0 Å². The Hall–Kier alpha value is -2.53. The number of amides is 1. The van der Waals surface area contributed by atoms with Gasteiger partial charge in [0.15, 0.2) is 0 Å². The molecule has 11 heteroatoms. The van der Waals surface area contributed by atoms with Gasteiger partial charge in [-0.1, -0.05) is 0 Å². The number of nitrogens with zero attached hydrogens (tertiary/aromatic N) is 2. The van der Waals surface area contributed by atoms with Gasteiger partial charge >= 0.3 is 5.97 Å². The third-order valence-corrected chi connectivity index (χ3v) is 5.85. The average molecular weight is 387 g/mol. The van der Waals surface area contributed by atoms with E-state index in [0.717, 1.165) is 0 Å². The molecule has 0 bridgehead atoms. The van der Waals surface area contributed by atoms with Crippen LogP contribution in [-0.4, -0.2) is 53.8 Å². The van der Waals surface area contributed by atoms with E-state index in [0.29, 0.717) is 9.87 Å². The maximum atomic E-state index is 13.0. The molecule has 0 aromatic heterocycles. The van der Waals surface area contributed by atoms with Crippen molar-refractivity contribution in [1.82, 2.24) is 9.62 Å². The first-order chi connectivity index (χ1) is 11.9. The van der Waals surface area contributed by atoms with Gasteiger partial charge in [0, 0.05) is 31.6 Å². The molecule has 26 heavy (non-hydrogen) atoms. The number of rotatable bonds is 8. The zero-order valence-corrected chi connectivity index (χ0v) is 15.7. The number of carbonyl (C=O) groups is 2. The van der Waals surface area contributed by atoms with Crippen LogP contribution in [0.15, 0.2) is 17.0 Å². The van der Waals surface area contributed by atoms with Crippen molar-refractivity contribution in [2.75, 3.05) is 13.1 Å². The fourth-order valence-electron chi connectivity index (χ4n) is 2.38. The van der Waals surface area contributed by atoms with Crippen LogP contribution in [0.2, 0.25) is 0 Å². The second kappa shape index (κ2) is 8.23. The van der Waals surface area contributed by atoms with Crippen LogP contribution in [0.25, 0.3) is 0 Å². The maximum Gasteiger partial charge on any atom is 0.321 e. The van der Waals surface area contributed by atoms with E-state index in [1.807, 2.05) is 0 Å². The van der Waals surface area contributed by atoms with Crippen molar-refractivity contribution in [2.24, 2.45) is 0 Å². The summed E-state index contributed by atoms with van der Waals surface area (Å²) in [6.07, 6.45) is 0. The SMILES string of the molecule is CC(=O)NCCN(C(C)C(=O)O)S(=O)(=O)c1cc(C)cc([N+](=O)[O-])c1C. The van der Waals surface area contributed by atoms with Crippen LogP contribution in [-0.2, 0) is 19.6 Å². The number of hydrogen-bond donors (Lipinski definition) is 2. The van der Waals surface area contributed by atoms with Gasteiger partial charge in [-0.3, -0.25) is 19.7 Å². The quantitative estimate of drug-likeness (QED) is 0.495. The minimum absolute atomic E-state index is 0.0808. The number of nitro groups is 1. The van der Waals surface area contributed by atoms with E-state index in [9.17, 15) is 33.2 Å². The Morgan fingerprint density at radius 3 is 2.38 bits per heavy atom. The summed E-state index contributed by atoms with van der Waals surface area (Å²) in [7, 11) is -4.36. The molecule has 0 fully saturated rings. The lowest BCUT2D eigenvalue weighted by atomic mass is 10.1. The zero-order chi connectivity index (χ0) is 20.2. The van der Waals surface area contributed by atoms with Crippen molar-refractivity contribution in [3.05, 3.63) is 33.4 Å². The van der Waals surface area contributed by atoms with Gasteiger partial charge in [0.2, 0.25) is 15.9 Å². The lowest BCUT2D eigenvalue weighted by molar-refractivity contribution is -0.385. The van der Waals surface area contributed by atoms with Gasteiger partial charge in [-0.2, -0.15) is 4.31 Å². The highest BCUT2D eigenvalue weighted by atomic mass is 32.2. The molecule has 10 nitrogen and oxygen atoms in total. The molecule has 0 aliphatic rings. The number of nitro benzene ring substituents is 1. The van der Waals surface area contributed by atoms with E-state index in [1.165, 1.54) is 39.8 Å². The Balaban J connectivity index is 3.47. The molecule has 0 saturated carbocycles. The van der Waals surface area contributed by atoms with Crippen molar-refractivity contribution in [2.45, 2.75) is 38.6 Å². The number of benzene rings is 1. The van der Waals surface area contributed by atoms with Crippen LogP contribution in [0, 0.1) is 24.0 Å². The molecular weight excluding hydrogens is 366 g/mol. The number of aliphatic carboxylic acids is 1. The van der Waals surface area contributed by atoms with E-state index in [-0.39, 0.29) is 29.2 Å². The number of sulfonamides is 1. The molecule has 2 N–H and O–H groups in total. The number of nitrogens with one attached hydrogen (secondary N) is 1. The second-order valence-electron chi connectivity index (χ2n) is 5.78. The van der Waals surface area contributed by atoms with Crippen molar-refractivity contribution in [3.63, 3.8) is 0 Å². The molecular formula is C15H21N3O7S. The second-order valence-corrected chi connectivity index (χ2v) is 7.64. The average Bonchev–Trinajstić information content (AvgIpc) is 2.51. The third kappa shape index (κ3) is 4.76. The Kier molecular flexibility index (Phi) is 6.81. The van der Waals surface area contributed by atoms with Gasteiger partial charge in [-0.15, -0.1) is 0 Å². The van der Waals surface area contributed by atoms with Gasteiger partial charge in [0.25, 0.3) is 5.69 Å². The molecule has 0 aliphatic heterocycles. The Labute approximate surface area is 151 Å². The predicted molar refractivity (Wildman–Crippen MR) is 92.2 cm³/mol. The van der Waals surface area contributed by atoms with Crippen molar-refractivity contribution in [1.29, 1.82) is 0 Å². The molecule has 0 heterocycles. The maximum absolute atomic E-state index is 13.0. The highest BCUT2D eigenvalue weighted by Gasteiger charge is 2.35. The lowest BCUT2D eigenvalue weighted by Gasteiger charge is -2.26. The standard InChI is InChI=1S/C15H21N3O7S/c1-9-7-13(18(22)23)10(2)14(8-9)26(24,25)17(11(3)15(20)21)6-5-16-12(4)19/h7-8,11H,5-6H2,1-4H3,(H,16,19)(H,20,21). The summed E-state index contributed by atoms with van der Waals surface area (Å²) in [5.41, 5.74) is -0.0956. The molecule has 1 unspecified atom stereocenters. The van der Waals surface area contributed by atoms with E-state index >= 15 is 0 Å². The summed E-state index contributed by atoms with van der Waals surface area (Å²) in [5, 5.41) is 22.8. The summed E-state index contributed by atoms with van der Waals surface area (Å²) < 4.78 is 26.8. The molecule has 0 spiro atoms. The van der Waals surface area contributed by atoms with Gasteiger partial charge in [0.1, 0.15) is 6.04 Å². The first kappa shape index (κ1) is 21.5. The molecule has 0 radical (unpaired) electrons. The molecule has 1 amide bonds. The first-order valence-corrected chi connectivity index (χ1v) is 9.08. The molecule has 0 saturated heterocycles. The zero-order valence-electron chi connectivity index (χ0n) is 14.8. The molecule has 0 aliphatic carbocycles. The molecule has 1 atom stereocenters. The Morgan fingerprint density at radius 1 is 1.35 bits per heavy atom. The normalized spacial score (nSPS) is 12.7. The Morgan fingerprint density at radius 2 is 1.92 bits per heavy atom. The van der Waals surface area contributed by atoms with Gasteiger partial charge in [-0.05, 0) is 32.4 Å². The van der Waals surface area contributed by atoms with Gasteiger partial charge in [0.05, 0.1) is 9.82 Å². The van der Waals surface area contributed by atoms with Crippen molar-refractivity contribution < 1.29 is 28.0 Å². The molecule has 1 aromatic rings. The smallest absolute Gasteiger partial charge is 0.321 e. The van der Waals surface area contributed by atoms with E-state index in [1.54, 1.807) is 0 Å². The fraction of sp³-hybridized carbons (Fsp3) is 0.467. The van der Waals surface area contributed by atoms with Crippen LogP contribution in [0.3, 0.4) is 0 Å². The van der Waals surface area contributed by atoms with Crippen LogP contribution in [0.1, 0.15) is 25.0 Å². The number of hydrogen-bond acceptors (Lipinski definition) is 6. The first-order valence-electron chi connectivity index (χ1n) is 7.64. The number of carboxylic acid groups (broad SMARTS) is 1. The highest BCUT2D eigenvalue weighted by molar-refractivity contribution is 7.89. The summed E-state index contributed by atoms with van der Waals surface area (Å²) in [6, 6.07) is 1.08. The van der Waals surface area contributed by atoms with Gasteiger partial charge in [-0.25, -0.2) is 8.42 Å². The largest absolute Gasteiger partial charge is 0.480 e. The summed E-state index contributed by atoms with van der Waals surface area (Å²) >= 11 is 0. The van der Waals surface area contributed by atoms with Crippen LogP contribution < -0.4 is 5.32 Å². The summed E-state index contributed by atoms with van der Waals surface area (Å²) in [4.78, 5) is 32.5. The number of carbonyl (C=O) groups excluding carboxylic acids is 1. The molecule has 144 valence electrons. The molecule has 1 aromatic carbocycles. The Bertz CT molecular complexity index is 836. The van der Waals surface area contributed by atoms with Gasteiger partial charge < -0.3 is 10.4 Å². The minimum Gasteiger partial charge on any atom is -0.480 e. The molecule has 1 rings (SSSR count). The van der Waals surface area contributed by atoms with Crippen LogP contribution >= 0.6 is 0 Å². The van der Waals surface area contributed by atoms with E-state index < -0.39 is 32.9 Å². The third-order valence-electron chi connectivity index (χ3n) is 3.76. The van der Waals surface area contributed by atoms with E-state index in [2.05, 4.69) is 5.32 Å². The number of carboxylic acids is 1. The van der Waals surface area contributed by atoms with E-state index in [4.69, 9.17) is 0 Å². The van der Waals surface area contributed by atoms with Crippen LogP contribution in [0.4, 0.5) is 5.69 Å². The predicted octanol–water partition coefficient (Wildman–Crippen LogP) is 0.812. The summed E-state index contributed by atoms with van der Waals surface area (Å²) in [5.74, 6) is -1.77. The minimum atomic E-state index is -4.36. The summed E-state index contributed by atoms with van der Waals surface area (Å²) in [6.45, 7) is 4.84. The highest BCUT2D eigenvalue weighted by Crippen LogP contribution is 2.29. The topological polar surface area (TPSA) is 147 Å². The monoisotopic (exact) mass is 387 g/mol. The number of aryl methyl sites for hydroxylation is 1. The van der Waals surface area contributed by atoms with Crippen molar-refractivity contribution >= 4 is 27.6 Å². The fourth-order valence-corrected chi connectivity index (χ4v) is 4.30. The lowest BCUT2D eigenvalue weighted by Crippen LogP contribution is -2.46.